The third-order valence-electron chi connectivity index (χ3n) is 12.8. The van der Waals surface area contributed by atoms with Crippen LogP contribution in [0.1, 0.15) is 89.0 Å². The van der Waals surface area contributed by atoms with Crippen molar-refractivity contribution in [2.75, 3.05) is 52.4 Å². The van der Waals surface area contributed by atoms with Gasteiger partial charge in [0.25, 0.3) is 11.8 Å². The van der Waals surface area contributed by atoms with Crippen LogP contribution in [-0.4, -0.2) is 180 Å². The fraction of sp³-hybridized carbons (Fsp3) is 0.580. The van der Waals surface area contributed by atoms with Crippen LogP contribution in [-0.2, 0) is 49.6 Å². The molecule has 0 spiro atoms. The maximum atomic E-state index is 14.4. The number of rotatable bonds is 36. The van der Waals surface area contributed by atoms with E-state index in [1.807, 2.05) is 18.2 Å². The van der Waals surface area contributed by atoms with E-state index in [9.17, 15) is 53.4 Å². The number of aliphatic carboxylic acids is 1. The number of aliphatic imine (C=N–C) groups is 1. The van der Waals surface area contributed by atoms with Crippen LogP contribution in [0.2, 0.25) is 0 Å². The molecule has 0 unspecified atom stereocenters. The fourth-order valence-electron chi connectivity index (χ4n) is 8.50. The zero-order valence-corrected chi connectivity index (χ0v) is 44.6. The zero-order valence-electron chi connectivity index (χ0n) is 44.6. The summed E-state index contributed by atoms with van der Waals surface area (Å²) in [7, 11) is 0. The van der Waals surface area contributed by atoms with Crippen molar-refractivity contribution in [3.8, 4) is 0 Å². The van der Waals surface area contributed by atoms with Crippen molar-refractivity contribution in [2.45, 2.75) is 132 Å². The molecule has 438 valence electrons. The number of fused-ring (bicyclic) bond motifs is 1. The number of likely N-dealkylation sites (tertiary alicyclic amines) is 1. The molecule has 0 saturated carbocycles. The predicted octanol–water partition coefficient (Wildman–Crippen LogP) is -4.94. The van der Waals surface area contributed by atoms with Crippen molar-refractivity contribution in [3.05, 3.63) is 47.8 Å². The number of carboxylic acids is 1. The lowest BCUT2D eigenvalue weighted by molar-refractivity contribution is -0.137. The summed E-state index contributed by atoms with van der Waals surface area (Å²) in [6.45, 7) is -0.174. The molecule has 25 N–H and O–H groups in total. The van der Waals surface area contributed by atoms with E-state index in [1.54, 1.807) is 12.3 Å². The average Bonchev–Trinajstić information content (AvgIpc) is 4.12. The fourth-order valence-corrected chi connectivity index (χ4v) is 8.50. The lowest BCUT2D eigenvalue weighted by atomic mass is 10.0. The summed E-state index contributed by atoms with van der Waals surface area (Å²) in [5, 5.41) is 46.1. The van der Waals surface area contributed by atoms with Gasteiger partial charge in [0.2, 0.25) is 35.4 Å². The second-order valence-corrected chi connectivity index (χ2v) is 18.9. The van der Waals surface area contributed by atoms with Gasteiger partial charge in [-0.05, 0) is 115 Å². The van der Waals surface area contributed by atoms with E-state index in [-0.39, 0.29) is 102 Å². The van der Waals surface area contributed by atoms with Gasteiger partial charge in [0.15, 0.2) is 5.96 Å². The van der Waals surface area contributed by atoms with Crippen LogP contribution in [0.4, 0.5) is 0 Å². The minimum Gasteiger partial charge on any atom is -0.477 e. The van der Waals surface area contributed by atoms with E-state index >= 15 is 0 Å². The highest BCUT2D eigenvalue weighted by molar-refractivity contribution is 6.40. The maximum absolute atomic E-state index is 14.4. The Morgan fingerprint density at radius 1 is 0.772 bits per heavy atom. The van der Waals surface area contributed by atoms with E-state index in [1.165, 1.54) is 11.0 Å². The summed E-state index contributed by atoms with van der Waals surface area (Å²) in [6, 6.07) is -0.542. The van der Waals surface area contributed by atoms with Crippen LogP contribution in [0.15, 0.2) is 47.2 Å². The minimum atomic E-state index is -1.60. The Labute approximate surface area is 458 Å². The van der Waals surface area contributed by atoms with Gasteiger partial charge >= 0.3 is 5.97 Å². The molecule has 7 atom stereocenters. The van der Waals surface area contributed by atoms with Gasteiger partial charge in [-0.25, -0.2) is 9.79 Å². The number of hydrogen-bond donors (Lipinski definition) is 18. The normalized spacial score (nSPS) is 15.9. The molecule has 1 aromatic carbocycles. The molecule has 0 aliphatic carbocycles. The Morgan fingerprint density at radius 2 is 1.42 bits per heavy atom. The minimum absolute atomic E-state index is 0.0224. The third kappa shape index (κ3) is 22.1. The van der Waals surface area contributed by atoms with Crippen molar-refractivity contribution >= 4 is 75.8 Å². The number of aromatic amines is 1. The number of hydrogen-bond acceptors (Lipinski definition) is 17. The average molecular weight is 1110 g/mol. The second-order valence-electron chi connectivity index (χ2n) is 18.9. The standard InChI is InChI=1S/C50H82N18O11/c51-19-5-3-12-31(56)42(71)67-41(39(69)26-55)47(76)64-33(15-7-21-53)43(72)61-28-40(70)62-35(16-8-22-54)48(77)68-24-10-18-38(68)46(75)66-37(25-29-27-60-32-13-2-1-11-30(29)32)45(74)63-34(14-4-6-20-52)44(73)65-36(49(78)79)17-9-23-59-50(57)58/h1-2,11,13,17,27,31,33-34,37-39,41,60,69H,3-10,12,14-16,18-26,28,51-56H2,(H,61,72)(H,63,74)(H,64,76)(H,65,73)(H,66,75)(H,67,71)(H,78,79)(H4,57,58,59)/b36-17-,62-35+/t31-,33-,34-,37-,38-,39-,41-/m0/s1. The zero-order chi connectivity index (χ0) is 58.4. The molecular weight excluding hydrogens is 1030 g/mol. The first-order chi connectivity index (χ1) is 37.8. The molecule has 2 aromatic rings. The summed E-state index contributed by atoms with van der Waals surface area (Å²) in [4.78, 5) is 131. The highest BCUT2D eigenvalue weighted by Crippen LogP contribution is 2.22. The second kappa shape index (κ2) is 35.2. The summed E-state index contributed by atoms with van der Waals surface area (Å²) in [5.74, 6) is -8.49. The van der Waals surface area contributed by atoms with E-state index < -0.39 is 114 Å². The van der Waals surface area contributed by atoms with Gasteiger partial charge in [-0.2, -0.15) is 0 Å². The van der Waals surface area contributed by atoms with Crippen LogP contribution in [0.5, 0.6) is 0 Å². The molecule has 0 bridgehead atoms. The topological polar surface area (TPSA) is 516 Å². The van der Waals surface area contributed by atoms with E-state index in [0.717, 1.165) is 10.9 Å². The molecule has 8 amide bonds. The van der Waals surface area contributed by atoms with Crippen LogP contribution < -0.4 is 77.4 Å². The van der Waals surface area contributed by atoms with Gasteiger partial charge in [-0.3, -0.25) is 43.8 Å². The molecular formula is C50H82N18O11. The molecule has 3 rings (SSSR count). The summed E-state index contributed by atoms with van der Waals surface area (Å²) < 4.78 is 0. The molecule has 0 radical (unpaired) electrons. The number of aliphatic hydroxyl groups excluding tert-OH is 1. The number of unbranched alkanes of at least 4 members (excludes halogenated alkanes) is 2. The number of H-pyrrole nitrogens is 1. The Bertz CT molecular complexity index is 2450. The number of nitrogens with zero attached hydrogens (tertiary/aromatic N) is 2. The monoisotopic (exact) mass is 1110 g/mol. The number of amides is 8. The highest BCUT2D eigenvalue weighted by Gasteiger charge is 2.39. The quantitative estimate of drug-likeness (QED) is 0.0132. The van der Waals surface area contributed by atoms with Crippen LogP contribution in [0.3, 0.4) is 0 Å². The van der Waals surface area contributed by atoms with Gasteiger partial charge in [-0.1, -0.05) is 30.7 Å². The molecule has 79 heavy (non-hydrogen) atoms. The number of carbonyl (C=O) groups is 9. The maximum Gasteiger partial charge on any atom is 0.352 e. The number of nitrogens with two attached hydrogens (primary N) is 7. The van der Waals surface area contributed by atoms with Gasteiger partial charge < -0.3 is 97.5 Å². The van der Waals surface area contributed by atoms with E-state index in [0.29, 0.717) is 44.2 Å². The van der Waals surface area contributed by atoms with Crippen molar-refractivity contribution in [2.24, 2.45) is 45.1 Å². The number of guanidine groups is 1. The Kier molecular flexibility index (Phi) is 29.3. The lowest BCUT2D eigenvalue weighted by Crippen LogP contribution is -2.60. The van der Waals surface area contributed by atoms with Crippen molar-refractivity contribution in [3.63, 3.8) is 0 Å². The lowest BCUT2D eigenvalue weighted by Gasteiger charge is -2.28. The number of aliphatic hydroxyl groups is 1. The largest absolute Gasteiger partial charge is 0.477 e. The van der Waals surface area contributed by atoms with Crippen LogP contribution in [0, 0.1) is 5.41 Å². The Balaban J connectivity index is 1.86. The number of carbonyl (C=O) groups excluding carboxylic acids is 8. The van der Waals surface area contributed by atoms with Gasteiger partial charge in [0.05, 0.1) is 18.7 Å². The summed E-state index contributed by atoms with van der Waals surface area (Å²) in [5.41, 5.74) is 40.3. The predicted molar refractivity (Wildman–Crippen MR) is 294 cm³/mol. The summed E-state index contributed by atoms with van der Waals surface area (Å²) >= 11 is 0. The van der Waals surface area contributed by atoms with Crippen molar-refractivity contribution in [1.29, 1.82) is 5.41 Å². The SMILES string of the molecule is N=C(N)NCC/C=C(\NC(=O)[C@H](CCCCN)NC(=O)[C@H](Cc1c[nH]c2ccccc12)NC(=O)[C@@H]1CCCN1C(=O)/C(CCCN)=N/C(=O)CNC(=O)[C@H](CCCN)NC(=O)[C@@H](NC(=O)[C@@H](N)CCCCN)[C@@H](O)CN)C(=O)O. The molecule has 29 nitrogen and oxygen atoms in total. The first-order valence-corrected chi connectivity index (χ1v) is 26.5. The van der Waals surface area contributed by atoms with E-state index in [4.69, 9.17) is 45.5 Å². The number of carboxylic acid groups (broad SMARTS) is 1. The first kappa shape index (κ1) is 65.9. The molecule has 2 heterocycles. The molecule has 1 aliphatic heterocycles. The van der Waals surface area contributed by atoms with Crippen LogP contribution >= 0.6 is 0 Å². The molecule has 1 fully saturated rings. The molecule has 29 heteroatoms. The van der Waals surface area contributed by atoms with E-state index in [2.05, 4.69) is 47.2 Å². The van der Waals surface area contributed by atoms with Gasteiger partial charge in [0, 0.05) is 43.2 Å². The van der Waals surface area contributed by atoms with Gasteiger partial charge in [-0.15, -0.1) is 0 Å². The number of para-hydroxylation sites is 1. The van der Waals surface area contributed by atoms with Crippen molar-refractivity contribution < 1.29 is 53.4 Å². The number of nitrogens with one attached hydrogen (secondary N) is 9. The number of aromatic nitrogens is 1. The molecule has 1 aliphatic rings. The smallest absolute Gasteiger partial charge is 0.352 e. The Hall–Kier alpha value is -7.41. The third-order valence-corrected chi connectivity index (χ3v) is 12.8. The Morgan fingerprint density at radius 3 is 2.08 bits per heavy atom. The van der Waals surface area contributed by atoms with Crippen LogP contribution in [0.25, 0.3) is 10.9 Å². The van der Waals surface area contributed by atoms with Gasteiger partial charge in [0.1, 0.15) is 41.6 Å². The molecule has 1 saturated heterocycles. The van der Waals surface area contributed by atoms with Crippen molar-refractivity contribution in [1.82, 2.24) is 47.1 Å². The summed E-state index contributed by atoms with van der Waals surface area (Å²) in [6.07, 6.45) is 4.35. The molecule has 1 aromatic heterocycles. The number of benzene rings is 1. The highest BCUT2D eigenvalue weighted by atomic mass is 16.4. The first-order valence-electron chi connectivity index (χ1n) is 26.5.